The third-order valence-electron chi connectivity index (χ3n) is 6.39. The molecule has 0 saturated carbocycles. The summed E-state index contributed by atoms with van der Waals surface area (Å²) in [5, 5.41) is 1.14. The molecule has 0 radical (unpaired) electrons. The second-order valence-electron chi connectivity index (χ2n) is 9.72. The molecule has 35 heavy (non-hydrogen) atoms. The van der Waals surface area contributed by atoms with Crippen molar-refractivity contribution in [2.45, 2.75) is 47.0 Å². The van der Waals surface area contributed by atoms with Gasteiger partial charge in [0, 0.05) is 5.39 Å². The minimum Gasteiger partial charge on any atom is -0.493 e. The van der Waals surface area contributed by atoms with E-state index in [1.165, 1.54) is 22.3 Å². The Morgan fingerprint density at radius 1 is 0.943 bits per heavy atom. The van der Waals surface area contributed by atoms with E-state index in [1.54, 1.807) is 6.33 Å². The zero-order valence-corrected chi connectivity index (χ0v) is 20.9. The first-order chi connectivity index (χ1) is 17.0. The van der Waals surface area contributed by atoms with Crippen LogP contribution in [0.2, 0.25) is 0 Å². The number of hydrogen-bond acceptors (Lipinski definition) is 4. The summed E-state index contributed by atoms with van der Waals surface area (Å²) in [6.45, 7) is 9.23. The van der Waals surface area contributed by atoms with Gasteiger partial charge in [-0.1, -0.05) is 44.2 Å². The van der Waals surface area contributed by atoms with Gasteiger partial charge in [0.1, 0.15) is 17.9 Å². The Morgan fingerprint density at radius 2 is 1.77 bits per heavy atom. The fraction of sp³-hybridized carbons (Fsp3) is 0.300. The first-order valence-electron chi connectivity index (χ1n) is 12.4. The van der Waals surface area contributed by atoms with Crippen molar-refractivity contribution in [2.24, 2.45) is 5.92 Å². The predicted octanol–water partition coefficient (Wildman–Crippen LogP) is 7.00. The number of nitrogens with zero attached hydrogens (tertiary/aromatic N) is 3. The van der Waals surface area contributed by atoms with E-state index in [-0.39, 0.29) is 0 Å². The molecule has 0 atom stereocenters. The second-order valence-corrected chi connectivity index (χ2v) is 9.72. The second kappa shape index (κ2) is 9.87. The van der Waals surface area contributed by atoms with Crippen LogP contribution in [-0.4, -0.2) is 26.5 Å². The van der Waals surface area contributed by atoms with Crippen molar-refractivity contribution >= 4 is 21.9 Å². The predicted molar refractivity (Wildman–Crippen MR) is 143 cm³/mol. The molecule has 5 heteroatoms. The average Bonchev–Trinajstić information content (AvgIpc) is 3.22. The molecule has 178 valence electrons. The lowest BCUT2D eigenvalue weighted by Crippen LogP contribution is -2.05. The minimum atomic E-state index is 0.543. The third kappa shape index (κ3) is 5.04. The average molecular weight is 465 g/mol. The number of benzene rings is 3. The van der Waals surface area contributed by atoms with E-state index in [0.717, 1.165) is 58.5 Å². The van der Waals surface area contributed by atoms with E-state index in [1.807, 2.05) is 6.92 Å². The summed E-state index contributed by atoms with van der Waals surface area (Å²) >= 11 is 0. The van der Waals surface area contributed by atoms with Crippen molar-refractivity contribution in [1.82, 2.24) is 19.9 Å². The van der Waals surface area contributed by atoms with Crippen LogP contribution < -0.4 is 4.74 Å². The summed E-state index contributed by atoms with van der Waals surface area (Å²) in [5.41, 5.74) is 9.01. The number of para-hydroxylation sites is 1. The topological polar surface area (TPSA) is 63.7 Å². The van der Waals surface area contributed by atoms with E-state index >= 15 is 0 Å². The Hall–Kier alpha value is -3.73. The Labute approximate surface area is 206 Å². The van der Waals surface area contributed by atoms with Crippen LogP contribution in [0.3, 0.4) is 0 Å². The van der Waals surface area contributed by atoms with Crippen molar-refractivity contribution in [3.63, 3.8) is 0 Å². The Bertz CT molecular complexity index is 1490. The lowest BCUT2D eigenvalue weighted by molar-refractivity contribution is 0.306. The molecule has 0 saturated heterocycles. The van der Waals surface area contributed by atoms with Crippen molar-refractivity contribution in [2.75, 3.05) is 6.61 Å². The number of nitrogens with one attached hydrogen (secondary N) is 1. The summed E-state index contributed by atoms with van der Waals surface area (Å²) < 4.78 is 6.30. The molecule has 5 aromatic rings. The number of hydrogen-bond donors (Lipinski definition) is 1. The summed E-state index contributed by atoms with van der Waals surface area (Å²) in [6, 6.07) is 19.2. The smallest absolute Gasteiger partial charge is 0.122 e. The SMILES string of the molecule is Cc1nc2ccc(-c3ccc(OCCCc4ncnc5c(C)cccc45)c(CC(C)C)c3)cc2[nH]1. The molecule has 2 aromatic heterocycles. The van der Waals surface area contributed by atoms with Crippen LogP contribution in [0.4, 0.5) is 0 Å². The van der Waals surface area contributed by atoms with Gasteiger partial charge < -0.3 is 9.72 Å². The maximum atomic E-state index is 6.30. The van der Waals surface area contributed by atoms with Crippen LogP contribution >= 0.6 is 0 Å². The molecule has 0 fully saturated rings. The van der Waals surface area contributed by atoms with Gasteiger partial charge in [0.05, 0.1) is 28.9 Å². The van der Waals surface area contributed by atoms with Gasteiger partial charge in [0.2, 0.25) is 0 Å². The highest BCUT2D eigenvalue weighted by Gasteiger charge is 2.11. The first kappa shape index (κ1) is 23.0. The van der Waals surface area contributed by atoms with Gasteiger partial charge in [-0.15, -0.1) is 0 Å². The Morgan fingerprint density at radius 3 is 2.63 bits per heavy atom. The van der Waals surface area contributed by atoms with Crippen LogP contribution in [0.1, 0.15) is 42.9 Å². The summed E-state index contributed by atoms with van der Waals surface area (Å²) in [5.74, 6) is 2.46. The Kier molecular flexibility index (Phi) is 6.49. The molecule has 0 aliphatic rings. The van der Waals surface area contributed by atoms with Gasteiger partial charge in [-0.05, 0) is 85.5 Å². The Balaban J connectivity index is 1.31. The van der Waals surface area contributed by atoms with Crippen molar-refractivity contribution in [3.8, 4) is 16.9 Å². The van der Waals surface area contributed by atoms with Gasteiger partial charge in [0.15, 0.2) is 0 Å². The third-order valence-corrected chi connectivity index (χ3v) is 6.39. The van der Waals surface area contributed by atoms with Crippen LogP contribution in [0.15, 0.2) is 60.9 Å². The van der Waals surface area contributed by atoms with E-state index in [2.05, 4.69) is 95.3 Å². The van der Waals surface area contributed by atoms with E-state index in [4.69, 9.17) is 4.74 Å². The molecule has 1 N–H and O–H groups in total. The van der Waals surface area contributed by atoms with Crippen LogP contribution in [0, 0.1) is 19.8 Å². The fourth-order valence-corrected chi connectivity index (χ4v) is 4.73. The van der Waals surface area contributed by atoms with Crippen molar-refractivity contribution in [1.29, 1.82) is 0 Å². The number of rotatable bonds is 8. The van der Waals surface area contributed by atoms with Crippen LogP contribution in [0.25, 0.3) is 33.1 Å². The largest absolute Gasteiger partial charge is 0.493 e. The van der Waals surface area contributed by atoms with E-state index in [0.29, 0.717) is 12.5 Å². The van der Waals surface area contributed by atoms with Gasteiger partial charge in [-0.25, -0.2) is 15.0 Å². The molecular formula is C30H32N4O. The quantitative estimate of drug-likeness (QED) is 0.251. The minimum absolute atomic E-state index is 0.543. The van der Waals surface area contributed by atoms with Gasteiger partial charge in [0.25, 0.3) is 0 Å². The molecular weight excluding hydrogens is 432 g/mol. The zero-order valence-electron chi connectivity index (χ0n) is 20.9. The maximum absolute atomic E-state index is 6.30. The molecule has 0 unspecified atom stereocenters. The highest BCUT2D eigenvalue weighted by Crippen LogP contribution is 2.30. The lowest BCUT2D eigenvalue weighted by atomic mass is 9.97. The molecule has 0 bridgehead atoms. The van der Waals surface area contributed by atoms with Crippen molar-refractivity contribution < 1.29 is 4.74 Å². The number of imidazole rings is 1. The molecule has 0 aliphatic carbocycles. The number of H-pyrrole nitrogens is 1. The maximum Gasteiger partial charge on any atom is 0.122 e. The first-order valence-corrected chi connectivity index (χ1v) is 12.4. The normalized spacial score (nSPS) is 11.6. The number of aromatic amines is 1. The number of aromatic nitrogens is 4. The molecule has 2 heterocycles. The summed E-state index contributed by atoms with van der Waals surface area (Å²) in [4.78, 5) is 16.9. The molecule has 5 nitrogen and oxygen atoms in total. The van der Waals surface area contributed by atoms with Gasteiger partial charge in [-0.2, -0.15) is 0 Å². The summed E-state index contributed by atoms with van der Waals surface area (Å²) in [7, 11) is 0. The van der Waals surface area contributed by atoms with Crippen LogP contribution in [-0.2, 0) is 12.8 Å². The van der Waals surface area contributed by atoms with Gasteiger partial charge in [-0.3, -0.25) is 0 Å². The highest BCUT2D eigenvalue weighted by atomic mass is 16.5. The molecule has 5 rings (SSSR count). The molecule has 0 aliphatic heterocycles. The summed E-state index contributed by atoms with van der Waals surface area (Å²) in [6.07, 6.45) is 4.42. The van der Waals surface area contributed by atoms with E-state index < -0.39 is 0 Å². The van der Waals surface area contributed by atoms with E-state index in [9.17, 15) is 0 Å². The fourth-order valence-electron chi connectivity index (χ4n) is 4.73. The molecule has 3 aromatic carbocycles. The van der Waals surface area contributed by atoms with Gasteiger partial charge >= 0.3 is 0 Å². The van der Waals surface area contributed by atoms with Crippen molar-refractivity contribution in [3.05, 3.63) is 83.6 Å². The number of fused-ring (bicyclic) bond motifs is 2. The standard InChI is InChI=1S/C30H32N4O/c1-19(2)15-24-16-22(23-10-12-27-28(17-23)34-21(4)33-27)11-13-29(24)35-14-6-9-26-25-8-5-7-20(3)30(25)32-18-31-26/h5,7-8,10-13,16-19H,6,9,14-15H2,1-4H3,(H,33,34). The van der Waals surface area contributed by atoms with Crippen LogP contribution in [0.5, 0.6) is 5.75 Å². The number of ether oxygens (including phenoxy) is 1. The number of aryl methyl sites for hydroxylation is 3. The monoisotopic (exact) mass is 464 g/mol. The lowest BCUT2D eigenvalue weighted by Gasteiger charge is -2.15. The molecule has 0 amide bonds. The highest BCUT2D eigenvalue weighted by molar-refractivity contribution is 5.83. The molecule has 0 spiro atoms. The zero-order chi connectivity index (χ0) is 24.4.